The molecule has 0 saturated heterocycles. The molecule has 0 radical (unpaired) electrons. The summed E-state index contributed by atoms with van der Waals surface area (Å²) in [6.45, 7) is 6.95. The Morgan fingerprint density at radius 1 is 1.53 bits per heavy atom. The van der Waals surface area contributed by atoms with Crippen LogP contribution >= 0.6 is 0 Å². The van der Waals surface area contributed by atoms with Crippen LogP contribution in [0.25, 0.3) is 0 Å². The fraction of sp³-hybridized carbons (Fsp3) is 0.500. The zero-order chi connectivity index (χ0) is 12.8. The number of benzene rings is 1. The highest BCUT2D eigenvalue weighted by Gasteiger charge is 2.13. The van der Waals surface area contributed by atoms with E-state index in [0.717, 1.165) is 5.56 Å². The first kappa shape index (κ1) is 13.4. The maximum absolute atomic E-state index is 10.8. The fourth-order valence-electron chi connectivity index (χ4n) is 1.55. The molecule has 0 spiro atoms. The lowest BCUT2D eigenvalue weighted by Crippen LogP contribution is -2.20. The number of nitro groups is 1. The number of hydrogen-bond donors (Lipinski definition) is 1. The number of ether oxygens (including phenoxy) is 1. The molecule has 1 N–H and O–H groups in total. The molecule has 1 aromatic rings. The van der Waals surface area contributed by atoms with Gasteiger partial charge in [0.2, 0.25) is 0 Å². The van der Waals surface area contributed by atoms with E-state index in [1.54, 1.807) is 12.1 Å². The average molecular weight is 238 g/mol. The molecule has 0 aromatic heterocycles. The van der Waals surface area contributed by atoms with E-state index in [-0.39, 0.29) is 16.7 Å². The summed E-state index contributed by atoms with van der Waals surface area (Å²) in [4.78, 5) is 10.5. The van der Waals surface area contributed by atoms with E-state index in [2.05, 4.69) is 5.32 Å². The predicted octanol–water partition coefficient (Wildman–Crippen LogP) is 2.74. The van der Waals surface area contributed by atoms with E-state index in [0.29, 0.717) is 18.8 Å². The van der Waals surface area contributed by atoms with E-state index in [4.69, 9.17) is 4.74 Å². The minimum absolute atomic E-state index is 0.0279. The summed E-state index contributed by atoms with van der Waals surface area (Å²) in [7, 11) is 0. The molecule has 1 unspecified atom stereocenters. The Morgan fingerprint density at radius 2 is 2.24 bits per heavy atom. The third-order valence-corrected chi connectivity index (χ3v) is 2.38. The predicted molar refractivity (Wildman–Crippen MR) is 67.4 cm³/mol. The van der Waals surface area contributed by atoms with Gasteiger partial charge in [0.15, 0.2) is 0 Å². The minimum Gasteiger partial charge on any atom is -0.377 e. The Morgan fingerprint density at radius 3 is 2.82 bits per heavy atom. The van der Waals surface area contributed by atoms with Gasteiger partial charge < -0.3 is 10.1 Å². The first-order valence-corrected chi connectivity index (χ1v) is 5.65. The lowest BCUT2D eigenvalue weighted by atomic mass is 10.2. The van der Waals surface area contributed by atoms with Gasteiger partial charge in [-0.05, 0) is 32.4 Å². The molecule has 1 rings (SSSR count). The number of nitro benzene ring substituents is 1. The Hall–Kier alpha value is -1.62. The standard InChI is InChI=1S/C12H18N2O3/c1-4-17-10(3)8-13-11-7-9(2)5-6-12(11)14(15)16/h5-7,10,13H,4,8H2,1-3H3. The van der Waals surface area contributed by atoms with Crippen LogP contribution < -0.4 is 5.32 Å². The third kappa shape index (κ3) is 4.03. The summed E-state index contributed by atoms with van der Waals surface area (Å²) in [6, 6.07) is 5.02. The summed E-state index contributed by atoms with van der Waals surface area (Å²) in [5.74, 6) is 0. The minimum atomic E-state index is -0.382. The number of anilines is 1. The zero-order valence-electron chi connectivity index (χ0n) is 10.4. The lowest BCUT2D eigenvalue weighted by molar-refractivity contribution is -0.384. The Kier molecular flexibility index (Phi) is 4.90. The van der Waals surface area contributed by atoms with Crippen molar-refractivity contribution in [3.8, 4) is 0 Å². The van der Waals surface area contributed by atoms with Crippen LogP contribution in [0.3, 0.4) is 0 Å². The average Bonchev–Trinajstić information content (AvgIpc) is 2.26. The van der Waals surface area contributed by atoms with Gasteiger partial charge in [-0.25, -0.2) is 0 Å². The summed E-state index contributed by atoms with van der Waals surface area (Å²) >= 11 is 0. The van der Waals surface area contributed by atoms with Crippen LogP contribution in [-0.4, -0.2) is 24.2 Å². The first-order valence-electron chi connectivity index (χ1n) is 5.65. The van der Waals surface area contributed by atoms with Crippen LogP contribution in [0.1, 0.15) is 19.4 Å². The van der Waals surface area contributed by atoms with Gasteiger partial charge in [-0.1, -0.05) is 6.07 Å². The van der Waals surface area contributed by atoms with Gasteiger partial charge in [0.25, 0.3) is 5.69 Å². The molecule has 0 aliphatic carbocycles. The normalized spacial score (nSPS) is 12.2. The number of rotatable bonds is 6. The van der Waals surface area contributed by atoms with Crippen LogP contribution in [0, 0.1) is 17.0 Å². The zero-order valence-corrected chi connectivity index (χ0v) is 10.4. The molecule has 0 heterocycles. The molecule has 5 heteroatoms. The van der Waals surface area contributed by atoms with Crippen molar-refractivity contribution in [1.82, 2.24) is 0 Å². The third-order valence-electron chi connectivity index (χ3n) is 2.38. The second-order valence-electron chi connectivity index (χ2n) is 3.92. The smallest absolute Gasteiger partial charge is 0.292 e. The quantitative estimate of drug-likeness (QED) is 0.611. The number of nitrogens with one attached hydrogen (secondary N) is 1. The molecule has 0 aliphatic heterocycles. The van der Waals surface area contributed by atoms with Gasteiger partial charge in [-0.15, -0.1) is 0 Å². The number of aryl methyl sites for hydroxylation is 1. The van der Waals surface area contributed by atoms with E-state index >= 15 is 0 Å². The highest BCUT2D eigenvalue weighted by Crippen LogP contribution is 2.25. The van der Waals surface area contributed by atoms with Crippen molar-refractivity contribution in [2.75, 3.05) is 18.5 Å². The van der Waals surface area contributed by atoms with Crippen LogP contribution in [0.15, 0.2) is 18.2 Å². The Bertz CT molecular complexity index is 393. The molecule has 0 saturated carbocycles. The van der Waals surface area contributed by atoms with Crippen molar-refractivity contribution in [2.45, 2.75) is 26.9 Å². The monoisotopic (exact) mass is 238 g/mol. The van der Waals surface area contributed by atoms with Gasteiger partial charge in [0.05, 0.1) is 11.0 Å². The van der Waals surface area contributed by atoms with Gasteiger partial charge >= 0.3 is 0 Å². The van der Waals surface area contributed by atoms with Crippen LogP contribution in [0.4, 0.5) is 11.4 Å². The number of nitrogens with zero attached hydrogens (tertiary/aromatic N) is 1. The van der Waals surface area contributed by atoms with Gasteiger partial charge in [0.1, 0.15) is 5.69 Å². The highest BCUT2D eigenvalue weighted by atomic mass is 16.6. The van der Waals surface area contributed by atoms with Crippen molar-refractivity contribution in [1.29, 1.82) is 0 Å². The summed E-state index contributed by atoms with van der Waals surface area (Å²) < 4.78 is 5.36. The molecule has 0 amide bonds. The molecule has 1 aromatic carbocycles. The lowest BCUT2D eigenvalue weighted by Gasteiger charge is -2.13. The van der Waals surface area contributed by atoms with Crippen LogP contribution in [0.5, 0.6) is 0 Å². The topological polar surface area (TPSA) is 64.4 Å². The molecule has 0 bridgehead atoms. The van der Waals surface area contributed by atoms with Crippen molar-refractivity contribution in [3.63, 3.8) is 0 Å². The SMILES string of the molecule is CCOC(C)CNc1cc(C)ccc1[N+](=O)[O-]. The summed E-state index contributed by atoms with van der Waals surface area (Å²) in [5.41, 5.74) is 1.63. The Balaban J connectivity index is 2.75. The van der Waals surface area contributed by atoms with Crippen LogP contribution in [0.2, 0.25) is 0 Å². The second kappa shape index (κ2) is 6.20. The molecule has 0 fully saturated rings. The largest absolute Gasteiger partial charge is 0.377 e. The molecule has 17 heavy (non-hydrogen) atoms. The first-order chi connectivity index (χ1) is 8.04. The fourth-order valence-corrected chi connectivity index (χ4v) is 1.55. The maximum Gasteiger partial charge on any atom is 0.292 e. The molecule has 94 valence electrons. The van der Waals surface area contributed by atoms with E-state index in [1.165, 1.54) is 6.07 Å². The van der Waals surface area contributed by atoms with Crippen molar-refractivity contribution >= 4 is 11.4 Å². The number of hydrogen-bond acceptors (Lipinski definition) is 4. The van der Waals surface area contributed by atoms with Crippen molar-refractivity contribution in [2.24, 2.45) is 0 Å². The van der Waals surface area contributed by atoms with Gasteiger partial charge in [0, 0.05) is 19.2 Å². The molecule has 5 nitrogen and oxygen atoms in total. The van der Waals surface area contributed by atoms with Crippen molar-refractivity contribution in [3.05, 3.63) is 33.9 Å². The van der Waals surface area contributed by atoms with Crippen molar-refractivity contribution < 1.29 is 9.66 Å². The van der Waals surface area contributed by atoms with E-state index < -0.39 is 0 Å². The maximum atomic E-state index is 10.8. The second-order valence-corrected chi connectivity index (χ2v) is 3.92. The van der Waals surface area contributed by atoms with E-state index in [9.17, 15) is 10.1 Å². The molecular weight excluding hydrogens is 220 g/mol. The highest BCUT2D eigenvalue weighted by molar-refractivity contribution is 5.62. The van der Waals surface area contributed by atoms with E-state index in [1.807, 2.05) is 20.8 Å². The molecule has 0 aliphatic rings. The molecular formula is C12H18N2O3. The summed E-state index contributed by atoms with van der Waals surface area (Å²) in [5, 5.41) is 13.9. The van der Waals surface area contributed by atoms with Gasteiger partial charge in [-0.3, -0.25) is 10.1 Å². The molecule has 1 atom stereocenters. The van der Waals surface area contributed by atoms with Gasteiger partial charge in [-0.2, -0.15) is 0 Å². The summed E-state index contributed by atoms with van der Waals surface area (Å²) in [6.07, 6.45) is 0.0279. The Labute approximate surface area is 101 Å². The van der Waals surface area contributed by atoms with Crippen LogP contribution in [-0.2, 0) is 4.74 Å².